The number of amides is 2. The topological polar surface area (TPSA) is 92.8 Å². The van der Waals surface area contributed by atoms with Crippen LogP contribution in [0.15, 0.2) is 0 Å². The van der Waals surface area contributed by atoms with Gasteiger partial charge in [-0.3, -0.25) is 4.79 Å². The maximum atomic E-state index is 12.3. The smallest absolute Gasteiger partial charge is 0.410 e. The van der Waals surface area contributed by atoms with Gasteiger partial charge in [0.1, 0.15) is 5.60 Å². The van der Waals surface area contributed by atoms with E-state index in [2.05, 4.69) is 5.32 Å². The second kappa shape index (κ2) is 6.67. The lowest BCUT2D eigenvalue weighted by Gasteiger charge is -2.33. The van der Waals surface area contributed by atoms with Crippen LogP contribution < -0.4 is 5.32 Å². The van der Waals surface area contributed by atoms with Gasteiger partial charge >= 0.3 is 6.09 Å². The molecule has 2 saturated heterocycles. The van der Waals surface area contributed by atoms with E-state index in [4.69, 9.17) is 4.74 Å². The predicted molar refractivity (Wildman–Crippen MR) is 85.7 cm³/mol. The number of rotatable bonds is 2. The number of nitrogens with zero attached hydrogens (tertiary/aromatic N) is 1. The largest absolute Gasteiger partial charge is 0.444 e. The van der Waals surface area contributed by atoms with Gasteiger partial charge in [0.05, 0.1) is 17.4 Å². The minimum absolute atomic E-state index is 0.0151. The van der Waals surface area contributed by atoms with Gasteiger partial charge in [0.15, 0.2) is 9.84 Å². The number of hydrogen-bond donors (Lipinski definition) is 1. The Morgan fingerprint density at radius 3 is 2.48 bits per heavy atom. The van der Waals surface area contributed by atoms with Crippen molar-refractivity contribution in [2.75, 3.05) is 24.6 Å². The molecule has 2 atom stereocenters. The molecule has 2 aliphatic rings. The summed E-state index contributed by atoms with van der Waals surface area (Å²) in [6.45, 7) is 6.31. The SMILES string of the molecule is CC(C)(C)OC(=O)N1CCC[C@@H](C(=O)N[C@H]2CCS(=O)(=O)C2)C1. The first kappa shape index (κ1) is 18.0. The number of piperidine rings is 1. The van der Waals surface area contributed by atoms with Crippen molar-refractivity contribution < 1.29 is 22.7 Å². The molecule has 0 aromatic heterocycles. The molecule has 0 unspecified atom stereocenters. The quantitative estimate of drug-likeness (QED) is 0.803. The maximum Gasteiger partial charge on any atom is 0.410 e. The van der Waals surface area contributed by atoms with Crippen molar-refractivity contribution >= 4 is 21.8 Å². The Kier molecular flexibility index (Phi) is 5.23. The van der Waals surface area contributed by atoms with E-state index in [1.165, 1.54) is 0 Å². The zero-order chi connectivity index (χ0) is 17.3. The molecule has 0 aliphatic carbocycles. The van der Waals surface area contributed by atoms with Gasteiger partial charge in [0.25, 0.3) is 0 Å². The predicted octanol–water partition coefficient (Wildman–Crippen LogP) is 0.937. The fourth-order valence-corrected chi connectivity index (χ4v) is 4.58. The molecule has 2 fully saturated rings. The summed E-state index contributed by atoms with van der Waals surface area (Å²) in [5.74, 6) is -0.326. The molecule has 0 saturated carbocycles. The van der Waals surface area contributed by atoms with Crippen molar-refractivity contribution in [2.45, 2.75) is 51.7 Å². The van der Waals surface area contributed by atoms with Crippen LogP contribution >= 0.6 is 0 Å². The van der Waals surface area contributed by atoms with Crippen molar-refractivity contribution in [3.05, 3.63) is 0 Å². The molecule has 2 rings (SSSR count). The Morgan fingerprint density at radius 2 is 1.91 bits per heavy atom. The first-order valence-electron chi connectivity index (χ1n) is 8.04. The summed E-state index contributed by atoms with van der Waals surface area (Å²) in [5.41, 5.74) is -0.565. The van der Waals surface area contributed by atoms with E-state index in [-0.39, 0.29) is 29.4 Å². The summed E-state index contributed by atoms with van der Waals surface area (Å²) >= 11 is 0. The normalized spacial score (nSPS) is 27.5. The molecule has 2 amide bonds. The summed E-state index contributed by atoms with van der Waals surface area (Å²) in [6, 6.07) is -0.301. The van der Waals surface area contributed by atoms with Gasteiger partial charge in [-0.05, 0) is 40.0 Å². The summed E-state index contributed by atoms with van der Waals surface area (Å²) in [5, 5.41) is 2.82. The molecule has 8 heteroatoms. The van der Waals surface area contributed by atoms with Crippen molar-refractivity contribution in [2.24, 2.45) is 5.92 Å². The minimum Gasteiger partial charge on any atom is -0.444 e. The zero-order valence-corrected chi connectivity index (χ0v) is 14.8. The monoisotopic (exact) mass is 346 g/mol. The highest BCUT2D eigenvalue weighted by atomic mass is 32.2. The van der Waals surface area contributed by atoms with E-state index in [0.717, 1.165) is 6.42 Å². The highest BCUT2D eigenvalue weighted by Gasteiger charge is 2.34. The van der Waals surface area contributed by atoms with E-state index >= 15 is 0 Å². The summed E-state index contributed by atoms with van der Waals surface area (Å²) in [4.78, 5) is 26.0. The van der Waals surface area contributed by atoms with Crippen LogP contribution in [0.1, 0.15) is 40.0 Å². The van der Waals surface area contributed by atoms with E-state index in [1.807, 2.05) is 0 Å². The van der Waals surface area contributed by atoms with E-state index in [0.29, 0.717) is 25.9 Å². The van der Waals surface area contributed by atoms with Gasteiger partial charge in [0, 0.05) is 19.1 Å². The van der Waals surface area contributed by atoms with Gasteiger partial charge in [-0.25, -0.2) is 13.2 Å². The van der Waals surface area contributed by atoms with Gasteiger partial charge in [-0.1, -0.05) is 0 Å². The highest BCUT2D eigenvalue weighted by molar-refractivity contribution is 7.91. The van der Waals surface area contributed by atoms with Crippen molar-refractivity contribution in [3.8, 4) is 0 Å². The van der Waals surface area contributed by atoms with Crippen LogP contribution in [-0.2, 0) is 19.4 Å². The average molecular weight is 346 g/mol. The standard InChI is InChI=1S/C15H26N2O5S/c1-15(2,3)22-14(19)17-7-4-5-11(9-17)13(18)16-12-6-8-23(20,21)10-12/h11-12H,4-10H2,1-3H3,(H,16,18)/t11-,12+/m1/s1. The van der Waals surface area contributed by atoms with Crippen LogP contribution in [0, 0.1) is 5.92 Å². The first-order valence-corrected chi connectivity index (χ1v) is 9.86. The van der Waals surface area contributed by atoms with Crippen LogP contribution in [0.4, 0.5) is 4.79 Å². The molecule has 0 radical (unpaired) electrons. The second-order valence-electron chi connectivity index (χ2n) is 7.37. The first-order chi connectivity index (χ1) is 10.6. The number of sulfone groups is 1. The number of likely N-dealkylation sites (tertiary alicyclic amines) is 1. The van der Waals surface area contributed by atoms with Gasteiger partial charge in [0.2, 0.25) is 5.91 Å². The second-order valence-corrected chi connectivity index (χ2v) is 9.60. The van der Waals surface area contributed by atoms with Gasteiger partial charge < -0.3 is 15.0 Å². The van der Waals surface area contributed by atoms with Crippen molar-refractivity contribution in [1.29, 1.82) is 0 Å². The molecule has 0 aromatic rings. The molecular formula is C15H26N2O5S. The molecule has 1 N–H and O–H groups in total. The lowest BCUT2D eigenvalue weighted by molar-refractivity contribution is -0.127. The highest BCUT2D eigenvalue weighted by Crippen LogP contribution is 2.20. The molecule has 23 heavy (non-hydrogen) atoms. The Balaban J connectivity index is 1.88. The third-order valence-corrected chi connectivity index (χ3v) is 5.79. The molecule has 7 nitrogen and oxygen atoms in total. The molecule has 0 spiro atoms. The van der Waals surface area contributed by atoms with E-state index in [1.54, 1.807) is 25.7 Å². The van der Waals surface area contributed by atoms with E-state index < -0.39 is 21.5 Å². The Labute approximate surface area is 137 Å². The molecular weight excluding hydrogens is 320 g/mol. The molecule has 2 heterocycles. The van der Waals surface area contributed by atoms with Crippen LogP contribution in [0.2, 0.25) is 0 Å². The molecule has 0 bridgehead atoms. The van der Waals surface area contributed by atoms with Crippen molar-refractivity contribution in [1.82, 2.24) is 10.2 Å². The van der Waals surface area contributed by atoms with Crippen LogP contribution in [-0.4, -0.2) is 61.6 Å². The number of carbonyl (C=O) groups is 2. The third kappa shape index (κ3) is 5.37. The fraction of sp³-hybridized carbons (Fsp3) is 0.867. The van der Waals surface area contributed by atoms with Crippen LogP contribution in [0.25, 0.3) is 0 Å². The third-order valence-electron chi connectivity index (χ3n) is 4.02. The molecule has 132 valence electrons. The molecule has 2 aliphatic heterocycles. The number of carbonyl (C=O) groups excluding carboxylic acids is 2. The Morgan fingerprint density at radius 1 is 1.22 bits per heavy atom. The fourth-order valence-electron chi connectivity index (χ4n) is 2.91. The van der Waals surface area contributed by atoms with E-state index in [9.17, 15) is 18.0 Å². The lowest BCUT2D eigenvalue weighted by atomic mass is 9.97. The number of hydrogen-bond acceptors (Lipinski definition) is 5. The lowest BCUT2D eigenvalue weighted by Crippen LogP contribution is -2.48. The van der Waals surface area contributed by atoms with Crippen LogP contribution in [0.5, 0.6) is 0 Å². The van der Waals surface area contributed by atoms with Crippen molar-refractivity contribution in [3.63, 3.8) is 0 Å². The Hall–Kier alpha value is -1.31. The van der Waals surface area contributed by atoms with Gasteiger partial charge in [-0.2, -0.15) is 0 Å². The maximum absolute atomic E-state index is 12.3. The summed E-state index contributed by atoms with van der Waals surface area (Å²) < 4.78 is 28.2. The van der Waals surface area contributed by atoms with Gasteiger partial charge in [-0.15, -0.1) is 0 Å². The average Bonchev–Trinajstić information content (AvgIpc) is 2.76. The van der Waals surface area contributed by atoms with Crippen LogP contribution in [0.3, 0.4) is 0 Å². The number of ether oxygens (including phenoxy) is 1. The Bertz CT molecular complexity index is 567. The number of nitrogens with one attached hydrogen (secondary N) is 1. The minimum atomic E-state index is -3.02. The summed E-state index contributed by atoms with van der Waals surface area (Å²) in [6.07, 6.45) is 1.50. The summed E-state index contributed by atoms with van der Waals surface area (Å²) in [7, 11) is -3.02. The zero-order valence-electron chi connectivity index (χ0n) is 14.0. The molecule has 0 aromatic carbocycles.